The van der Waals surface area contributed by atoms with Gasteiger partial charge in [0.25, 0.3) is 5.91 Å². The first-order chi connectivity index (χ1) is 10.6. The molecule has 2 heterocycles. The first-order valence-electron chi connectivity index (χ1n) is 7.94. The maximum atomic E-state index is 12.6. The fraction of sp³-hybridized carbons (Fsp3) is 0.529. The van der Waals surface area contributed by atoms with Crippen molar-refractivity contribution in [1.29, 1.82) is 0 Å². The van der Waals surface area contributed by atoms with E-state index in [-0.39, 0.29) is 5.91 Å². The van der Waals surface area contributed by atoms with Gasteiger partial charge in [0.15, 0.2) is 0 Å². The summed E-state index contributed by atoms with van der Waals surface area (Å²) in [6, 6.07) is 6.04. The minimum atomic E-state index is -0.0964. The Morgan fingerprint density at radius 3 is 2.77 bits per heavy atom. The summed E-state index contributed by atoms with van der Waals surface area (Å²) < 4.78 is 11.1. The minimum Gasteiger partial charge on any atom is -0.464 e. The predicted octanol–water partition coefficient (Wildman–Crippen LogP) is 3.50. The Hall–Kier alpha value is -2.04. The predicted molar refractivity (Wildman–Crippen MR) is 79.4 cm³/mol. The molecular weight excluding hydrogens is 280 g/mol. The van der Waals surface area contributed by atoms with Crippen molar-refractivity contribution in [2.45, 2.75) is 51.6 Å². The van der Waals surface area contributed by atoms with Crippen LogP contribution in [-0.2, 0) is 6.54 Å². The van der Waals surface area contributed by atoms with Gasteiger partial charge in [0.2, 0.25) is 5.76 Å². The second-order valence-electron chi connectivity index (χ2n) is 6.62. The lowest BCUT2D eigenvalue weighted by atomic mass is 10.2. The zero-order valence-corrected chi connectivity index (χ0v) is 12.9. The molecule has 2 unspecified atom stereocenters. The highest BCUT2D eigenvalue weighted by atomic mass is 16.5. The third-order valence-electron chi connectivity index (χ3n) is 4.57. The number of hydrogen-bond donors (Lipinski definition) is 0. The summed E-state index contributed by atoms with van der Waals surface area (Å²) in [5.41, 5.74) is 0.724. The van der Waals surface area contributed by atoms with Crippen LogP contribution in [0.4, 0.5) is 0 Å². The summed E-state index contributed by atoms with van der Waals surface area (Å²) in [6.07, 6.45) is 3.30. The van der Waals surface area contributed by atoms with Crippen molar-refractivity contribution in [1.82, 2.24) is 10.1 Å². The SMILES string of the molecule is Cc1cc(C(=O)N(Cc2ccc(C3CC3C)o2)C2CC2)on1. The molecule has 0 bridgehead atoms. The van der Waals surface area contributed by atoms with Crippen molar-refractivity contribution < 1.29 is 13.7 Å². The Balaban J connectivity index is 1.50. The summed E-state index contributed by atoms with van der Waals surface area (Å²) in [5.74, 6) is 3.41. The van der Waals surface area contributed by atoms with E-state index in [4.69, 9.17) is 8.94 Å². The van der Waals surface area contributed by atoms with E-state index in [0.29, 0.717) is 24.3 Å². The number of furan rings is 1. The maximum Gasteiger partial charge on any atom is 0.293 e. The Labute approximate surface area is 129 Å². The van der Waals surface area contributed by atoms with Crippen LogP contribution in [0.1, 0.15) is 59.9 Å². The number of aryl methyl sites for hydroxylation is 1. The van der Waals surface area contributed by atoms with E-state index in [1.807, 2.05) is 17.9 Å². The minimum absolute atomic E-state index is 0.0964. The van der Waals surface area contributed by atoms with Gasteiger partial charge < -0.3 is 13.8 Å². The van der Waals surface area contributed by atoms with Crippen molar-refractivity contribution in [2.75, 3.05) is 0 Å². The van der Waals surface area contributed by atoms with Crippen LogP contribution < -0.4 is 0 Å². The largest absolute Gasteiger partial charge is 0.464 e. The molecule has 22 heavy (non-hydrogen) atoms. The first-order valence-corrected chi connectivity index (χ1v) is 7.94. The van der Waals surface area contributed by atoms with Crippen LogP contribution in [0.2, 0.25) is 0 Å². The van der Waals surface area contributed by atoms with E-state index in [1.54, 1.807) is 6.07 Å². The number of hydrogen-bond acceptors (Lipinski definition) is 4. The van der Waals surface area contributed by atoms with Crippen molar-refractivity contribution in [2.24, 2.45) is 5.92 Å². The lowest BCUT2D eigenvalue weighted by Gasteiger charge is -2.19. The molecule has 0 radical (unpaired) electrons. The Kier molecular flexibility index (Phi) is 3.10. The topological polar surface area (TPSA) is 59.5 Å². The molecule has 1 amide bonds. The maximum absolute atomic E-state index is 12.6. The van der Waals surface area contributed by atoms with Crippen molar-refractivity contribution >= 4 is 5.91 Å². The normalized spacial score (nSPS) is 23.5. The molecule has 4 rings (SSSR count). The van der Waals surface area contributed by atoms with Gasteiger partial charge >= 0.3 is 0 Å². The van der Waals surface area contributed by atoms with Crippen LogP contribution in [0.3, 0.4) is 0 Å². The number of carbonyl (C=O) groups is 1. The molecule has 2 fully saturated rings. The second-order valence-corrected chi connectivity index (χ2v) is 6.62. The van der Waals surface area contributed by atoms with Crippen LogP contribution in [0.5, 0.6) is 0 Å². The van der Waals surface area contributed by atoms with E-state index in [9.17, 15) is 4.79 Å². The average molecular weight is 300 g/mol. The van der Waals surface area contributed by atoms with Crippen molar-refractivity contribution in [3.8, 4) is 0 Å². The van der Waals surface area contributed by atoms with Crippen LogP contribution >= 0.6 is 0 Å². The van der Waals surface area contributed by atoms with Crippen LogP contribution in [0.25, 0.3) is 0 Å². The molecule has 2 aromatic rings. The van der Waals surface area contributed by atoms with Crippen molar-refractivity contribution in [3.63, 3.8) is 0 Å². The molecule has 2 aliphatic carbocycles. The molecule has 2 aromatic heterocycles. The smallest absolute Gasteiger partial charge is 0.293 e. The van der Waals surface area contributed by atoms with E-state index >= 15 is 0 Å². The summed E-state index contributed by atoms with van der Waals surface area (Å²) in [5, 5.41) is 3.80. The third kappa shape index (κ3) is 2.56. The molecule has 2 saturated carbocycles. The second kappa shape index (κ2) is 5.00. The van der Waals surface area contributed by atoms with E-state index in [0.717, 1.165) is 36.0 Å². The van der Waals surface area contributed by atoms with E-state index in [2.05, 4.69) is 18.1 Å². The molecule has 0 saturated heterocycles. The van der Waals surface area contributed by atoms with Gasteiger partial charge in [-0.2, -0.15) is 0 Å². The molecular formula is C17H20N2O3. The fourth-order valence-electron chi connectivity index (χ4n) is 2.92. The van der Waals surface area contributed by atoms with Gasteiger partial charge in [-0.3, -0.25) is 4.79 Å². The van der Waals surface area contributed by atoms with Gasteiger partial charge in [-0.1, -0.05) is 12.1 Å². The molecule has 5 nitrogen and oxygen atoms in total. The van der Waals surface area contributed by atoms with Gasteiger partial charge in [-0.15, -0.1) is 0 Å². The summed E-state index contributed by atoms with van der Waals surface area (Å²) in [4.78, 5) is 14.4. The molecule has 5 heteroatoms. The molecule has 2 aliphatic rings. The van der Waals surface area contributed by atoms with Gasteiger partial charge in [0.05, 0.1) is 12.2 Å². The Morgan fingerprint density at radius 1 is 1.41 bits per heavy atom. The Morgan fingerprint density at radius 2 is 2.18 bits per heavy atom. The quantitative estimate of drug-likeness (QED) is 0.848. The zero-order chi connectivity index (χ0) is 15.3. The molecule has 0 aliphatic heterocycles. The van der Waals surface area contributed by atoms with Gasteiger partial charge in [0, 0.05) is 18.0 Å². The average Bonchev–Trinajstić information content (AvgIpc) is 3.37. The third-order valence-corrected chi connectivity index (χ3v) is 4.57. The lowest BCUT2D eigenvalue weighted by Crippen LogP contribution is -2.32. The zero-order valence-electron chi connectivity index (χ0n) is 12.9. The highest BCUT2D eigenvalue weighted by molar-refractivity contribution is 5.91. The molecule has 0 N–H and O–H groups in total. The summed E-state index contributed by atoms with van der Waals surface area (Å²) in [6.45, 7) is 4.56. The van der Waals surface area contributed by atoms with Gasteiger partial charge in [-0.25, -0.2) is 0 Å². The van der Waals surface area contributed by atoms with Gasteiger partial charge in [0.1, 0.15) is 11.5 Å². The van der Waals surface area contributed by atoms with E-state index < -0.39 is 0 Å². The number of amides is 1. The molecule has 0 spiro atoms. The number of carbonyl (C=O) groups excluding carboxylic acids is 1. The number of rotatable bonds is 5. The molecule has 116 valence electrons. The Bertz CT molecular complexity index is 698. The number of aromatic nitrogens is 1. The molecule has 2 atom stereocenters. The monoisotopic (exact) mass is 300 g/mol. The number of nitrogens with zero attached hydrogens (tertiary/aromatic N) is 2. The summed E-state index contributed by atoms with van der Waals surface area (Å²) in [7, 11) is 0. The fourth-order valence-corrected chi connectivity index (χ4v) is 2.92. The van der Waals surface area contributed by atoms with Gasteiger partial charge in [-0.05, 0) is 44.2 Å². The van der Waals surface area contributed by atoms with Crippen LogP contribution in [0.15, 0.2) is 27.1 Å². The lowest BCUT2D eigenvalue weighted by molar-refractivity contribution is 0.0674. The first kappa shape index (κ1) is 13.6. The van der Waals surface area contributed by atoms with Crippen molar-refractivity contribution in [3.05, 3.63) is 41.2 Å². The van der Waals surface area contributed by atoms with E-state index in [1.165, 1.54) is 6.42 Å². The highest BCUT2D eigenvalue weighted by Crippen LogP contribution is 2.47. The molecule has 0 aromatic carbocycles. The van der Waals surface area contributed by atoms with Crippen LogP contribution in [-0.4, -0.2) is 22.0 Å². The summed E-state index contributed by atoms with van der Waals surface area (Å²) >= 11 is 0. The van der Waals surface area contributed by atoms with Crippen LogP contribution in [0, 0.1) is 12.8 Å². The highest BCUT2D eigenvalue weighted by Gasteiger charge is 2.38. The standard InChI is InChI=1S/C17H20N2O3/c1-10-7-14(10)15-6-5-13(21-15)9-19(12-3-4-12)17(20)16-8-11(2)18-22-16/h5-6,8,10,12,14H,3-4,7,9H2,1-2H3.